The first-order valence-electron chi connectivity index (χ1n) is 5.72. The van der Waals surface area contributed by atoms with Gasteiger partial charge in [0.15, 0.2) is 0 Å². The second-order valence-electron chi connectivity index (χ2n) is 4.59. The maximum atomic E-state index is 12.5. The van der Waals surface area contributed by atoms with Crippen molar-refractivity contribution in [2.24, 2.45) is 0 Å². The van der Waals surface area contributed by atoms with E-state index in [2.05, 4.69) is 0 Å². The number of rotatable bonds is 4. The summed E-state index contributed by atoms with van der Waals surface area (Å²) in [5.41, 5.74) is 0. The van der Waals surface area contributed by atoms with Crippen molar-refractivity contribution < 1.29 is 8.42 Å². The van der Waals surface area contributed by atoms with Crippen molar-refractivity contribution in [3.05, 3.63) is 29.3 Å². The van der Waals surface area contributed by atoms with Gasteiger partial charge in [-0.3, -0.25) is 0 Å². The van der Waals surface area contributed by atoms with Gasteiger partial charge in [0.2, 0.25) is 10.0 Å². The smallest absolute Gasteiger partial charge is 0.207 e. The van der Waals surface area contributed by atoms with Crippen LogP contribution in [0, 0.1) is 0 Å². The predicted octanol–water partition coefficient (Wildman–Crippen LogP) is 2.90. The van der Waals surface area contributed by atoms with Crippen molar-refractivity contribution in [3.8, 4) is 0 Å². The van der Waals surface area contributed by atoms with Gasteiger partial charge in [0, 0.05) is 12.1 Å². The molecular weight excluding hydrogens is 258 g/mol. The van der Waals surface area contributed by atoms with Crippen molar-refractivity contribution >= 4 is 21.6 Å². The van der Waals surface area contributed by atoms with E-state index < -0.39 is 10.0 Å². The second kappa shape index (κ2) is 4.59. The predicted molar refractivity (Wildman–Crippen MR) is 68.6 cm³/mol. The van der Waals surface area contributed by atoms with Crippen molar-refractivity contribution in [2.45, 2.75) is 43.7 Å². The van der Waals surface area contributed by atoms with E-state index in [0.29, 0.717) is 5.02 Å². The van der Waals surface area contributed by atoms with Crippen LogP contribution in [0.2, 0.25) is 5.02 Å². The number of hydrogen-bond acceptors (Lipinski definition) is 2. The Labute approximate surface area is 107 Å². The van der Waals surface area contributed by atoms with E-state index in [9.17, 15) is 8.42 Å². The third kappa shape index (κ3) is 2.49. The molecule has 0 radical (unpaired) electrons. The lowest BCUT2D eigenvalue weighted by Crippen LogP contribution is -2.38. The van der Waals surface area contributed by atoms with Gasteiger partial charge in [-0.1, -0.05) is 23.7 Å². The van der Waals surface area contributed by atoms with E-state index in [1.807, 2.05) is 13.8 Å². The van der Waals surface area contributed by atoms with Crippen LogP contribution in [-0.2, 0) is 10.0 Å². The van der Waals surface area contributed by atoms with Crippen LogP contribution in [0.1, 0.15) is 26.7 Å². The molecule has 5 heteroatoms. The van der Waals surface area contributed by atoms with Crippen LogP contribution in [0.3, 0.4) is 0 Å². The molecule has 0 N–H and O–H groups in total. The summed E-state index contributed by atoms with van der Waals surface area (Å²) >= 11 is 5.98. The van der Waals surface area contributed by atoms with E-state index in [-0.39, 0.29) is 17.0 Å². The SMILES string of the molecule is CC(C)N(C1CC1)S(=O)(=O)c1ccccc1Cl. The minimum Gasteiger partial charge on any atom is -0.207 e. The molecule has 0 aromatic heterocycles. The number of hydrogen-bond donors (Lipinski definition) is 0. The molecular formula is C12H16ClNO2S. The molecule has 0 aliphatic heterocycles. The van der Waals surface area contributed by atoms with E-state index in [4.69, 9.17) is 11.6 Å². The highest BCUT2D eigenvalue weighted by Crippen LogP contribution is 2.35. The maximum absolute atomic E-state index is 12.5. The molecule has 1 aromatic carbocycles. The molecule has 0 atom stereocenters. The third-order valence-electron chi connectivity index (χ3n) is 2.81. The first-order valence-corrected chi connectivity index (χ1v) is 7.54. The molecule has 1 aliphatic rings. The van der Waals surface area contributed by atoms with Crippen molar-refractivity contribution in [1.82, 2.24) is 4.31 Å². The average molecular weight is 274 g/mol. The molecule has 0 spiro atoms. The van der Waals surface area contributed by atoms with Crippen LogP contribution in [0.25, 0.3) is 0 Å². The zero-order valence-electron chi connectivity index (χ0n) is 9.93. The van der Waals surface area contributed by atoms with Crippen LogP contribution < -0.4 is 0 Å². The molecule has 94 valence electrons. The standard InChI is InChI=1S/C12H16ClNO2S/c1-9(2)14(10-7-8-10)17(15,16)12-6-4-3-5-11(12)13/h3-6,9-10H,7-8H2,1-2H3. The van der Waals surface area contributed by atoms with E-state index in [0.717, 1.165) is 12.8 Å². The second-order valence-corrected chi connectivity index (χ2v) is 6.81. The summed E-state index contributed by atoms with van der Waals surface area (Å²) in [5.74, 6) is 0. The first kappa shape index (κ1) is 12.9. The monoisotopic (exact) mass is 273 g/mol. The number of halogens is 1. The molecule has 0 unspecified atom stereocenters. The molecule has 1 saturated carbocycles. The average Bonchev–Trinajstić information content (AvgIpc) is 3.01. The van der Waals surface area contributed by atoms with Gasteiger partial charge in [-0.15, -0.1) is 0 Å². The summed E-state index contributed by atoms with van der Waals surface area (Å²) in [6.07, 6.45) is 1.89. The summed E-state index contributed by atoms with van der Waals surface area (Å²) in [7, 11) is -3.47. The lowest BCUT2D eigenvalue weighted by atomic mass is 10.4. The van der Waals surface area contributed by atoms with Gasteiger partial charge in [0.05, 0.1) is 5.02 Å². The Kier molecular flexibility index (Phi) is 3.48. The van der Waals surface area contributed by atoms with Gasteiger partial charge in [-0.25, -0.2) is 8.42 Å². The number of nitrogens with zero attached hydrogens (tertiary/aromatic N) is 1. The minimum absolute atomic E-state index is 0.0382. The van der Waals surface area contributed by atoms with Crippen molar-refractivity contribution in [2.75, 3.05) is 0 Å². The lowest BCUT2D eigenvalue weighted by Gasteiger charge is -2.26. The highest BCUT2D eigenvalue weighted by Gasteiger charge is 2.40. The van der Waals surface area contributed by atoms with Gasteiger partial charge in [-0.2, -0.15) is 4.31 Å². The maximum Gasteiger partial charge on any atom is 0.245 e. The Hall–Kier alpha value is -0.580. The first-order chi connectivity index (χ1) is 7.94. The Bertz CT molecular complexity index is 507. The summed E-state index contributed by atoms with van der Waals surface area (Å²) in [4.78, 5) is 0.210. The van der Waals surface area contributed by atoms with Crippen LogP contribution in [0.15, 0.2) is 29.2 Å². The Morgan fingerprint density at radius 1 is 1.29 bits per heavy atom. The van der Waals surface area contributed by atoms with E-state index in [1.54, 1.807) is 28.6 Å². The Morgan fingerprint density at radius 3 is 2.35 bits per heavy atom. The van der Waals surface area contributed by atoms with Crippen LogP contribution in [0.4, 0.5) is 0 Å². The largest absolute Gasteiger partial charge is 0.245 e. The summed E-state index contributed by atoms with van der Waals surface area (Å²) in [6.45, 7) is 3.79. The molecule has 0 heterocycles. The zero-order valence-corrected chi connectivity index (χ0v) is 11.5. The molecule has 0 saturated heterocycles. The highest BCUT2D eigenvalue weighted by molar-refractivity contribution is 7.89. The van der Waals surface area contributed by atoms with Crippen LogP contribution in [-0.4, -0.2) is 24.8 Å². The summed E-state index contributed by atoms with van der Waals surface area (Å²) in [5, 5.41) is 0.291. The van der Waals surface area contributed by atoms with Gasteiger partial charge >= 0.3 is 0 Å². The molecule has 2 rings (SSSR count). The quantitative estimate of drug-likeness (QED) is 0.846. The topological polar surface area (TPSA) is 37.4 Å². The molecule has 3 nitrogen and oxygen atoms in total. The van der Waals surface area contributed by atoms with Gasteiger partial charge < -0.3 is 0 Å². The molecule has 1 fully saturated rings. The van der Waals surface area contributed by atoms with Crippen molar-refractivity contribution in [3.63, 3.8) is 0 Å². The molecule has 1 aromatic rings. The summed E-state index contributed by atoms with van der Waals surface area (Å²) < 4.78 is 26.6. The summed E-state index contributed by atoms with van der Waals surface area (Å²) in [6, 6.07) is 6.72. The lowest BCUT2D eigenvalue weighted by molar-refractivity contribution is 0.346. The fourth-order valence-corrected chi connectivity index (χ4v) is 4.37. The van der Waals surface area contributed by atoms with Crippen LogP contribution >= 0.6 is 11.6 Å². The Balaban J connectivity index is 2.45. The van der Waals surface area contributed by atoms with Gasteiger partial charge in [0.25, 0.3) is 0 Å². The molecule has 17 heavy (non-hydrogen) atoms. The normalized spacial score (nSPS) is 16.8. The molecule has 0 amide bonds. The minimum atomic E-state index is -3.47. The number of sulfonamides is 1. The third-order valence-corrected chi connectivity index (χ3v) is 5.44. The van der Waals surface area contributed by atoms with Crippen molar-refractivity contribution in [1.29, 1.82) is 0 Å². The number of benzene rings is 1. The highest BCUT2D eigenvalue weighted by atomic mass is 35.5. The van der Waals surface area contributed by atoms with Gasteiger partial charge in [-0.05, 0) is 38.8 Å². The van der Waals surface area contributed by atoms with E-state index in [1.165, 1.54) is 0 Å². The molecule has 0 bridgehead atoms. The fraction of sp³-hybridized carbons (Fsp3) is 0.500. The Morgan fingerprint density at radius 2 is 1.88 bits per heavy atom. The fourth-order valence-electron chi connectivity index (χ4n) is 1.99. The van der Waals surface area contributed by atoms with E-state index >= 15 is 0 Å². The molecule has 1 aliphatic carbocycles. The van der Waals surface area contributed by atoms with Gasteiger partial charge in [0.1, 0.15) is 4.90 Å². The van der Waals surface area contributed by atoms with Crippen LogP contribution in [0.5, 0.6) is 0 Å². The zero-order chi connectivity index (χ0) is 12.6.